The first-order valence-corrected chi connectivity index (χ1v) is 14.8. The highest BCUT2D eigenvalue weighted by molar-refractivity contribution is 9.10. The molecule has 0 saturated carbocycles. The predicted molar refractivity (Wildman–Crippen MR) is 158 cm³/mol. The summed E-state index contributed by atoms with van der Waals surface area (Å²) in [4.78, 5) is 13.0. The number of aromatic nitrogens is 1. The molecule has 10 heteroatoms. The first kappa shape index (κ1) is 28.1. The van der Waals surface area contributed by atoms with E-state index in [0.717, 1.165) is 37.7 Å². The summed E-state index contributed by atoms with van der Waals surface area (Å²) in [7, 11) is -3.78. The molecule has 8 nitrogen and oxygen atoms in total. The summed E-state index contributed by atoms with van der Waals surface area (Å²) in [5, 5.41) is 4.12. The van der Waals surface area contributed by atoms with Crippen LogP contribution in [0.2, 0.25) is 0 Å². The Morgan fingerprint density at radius 1 is 1.00 bits per heavy atom. The van der Waals surface area contributed by atoms with Gasteiger partial charge in [0.25, 0.3) is 5.91 Å². The van der Waals surface area contributed by atoms with Crippen LogP contribution in [0, 0.1) is 13.8 Å². The van der Waals surface area contributed by atoms with Gasteiger partial charge in [-0.05, 0) is 91.3 Å². The zero-order chi connectivity index (χ0) is 28.2. The molecule has 0 radical (unpaired) electrons. The first-order chi connectivity index (χ1) is 18.6. The fourth-order valence-corrected chi connectivity index (χ4v) is 5.91. The SMILES string of the molecule is Cc1cc(/C=N\NC(=O)[C@@H](C)N(c2ccc(Oc3ccccc3)cc2)S(C)(=O)=O)c(C)n1-c1ccccc1Br. The molecule has 0 fully saturated rings. The molecule has 1 aromatic heterocycles. The molecule has 3 aromatic carbocycles. The number of anilines is 1. The van der Waals surface area contributed by atoms with Crippen LogP contribution in [0.25, 0.3) is 5.69 Å². The smallest absolute Gasteiger partial charge is 0.263 e. The minimum absolute atomic E-state index is 0.335. The van der Waals surface area contributed by atoms with Crippen LogP contribution in [-0.4, -0.2) is 37.4 Å². The maximum absolute atomic E-state index is 13.0. The van der Waals surface area contributed by atoms with E-state index in [0.29, 0.717) is 17.2 Å². The summed E-state index contributed by atoms with van der Waals surface area (Å²) in [6, 6.07) is 24.6. The van der Waals surface area contributed by atoms with E-state index in [1.54, 1.807) is 30.5 Å². The predicted octanol–water partition coefficient (Wildman–Crippen LogP) is 5.95. The molecule has 0 aliphatic rings. The number of para-hydroxylation sites is 2. The zero-order valence-electron chi connectivity index (χ0n) is 22.0. The number of halogens is 1. The molecule has 4 rings (SSSR count). The van der Waals surface area contributed by atoms with Crippen molar-refractivity contribution in [2.24, 2.45) is 5.10 Å². The molecular formula is C29H29BrN4O4S. The zero-order valence-corrected chi connectivity index (χ0v) is 24.4. The molecule has 0 bridgehead atoms. The summed E-state index contributed by atoms with van der Waals surface area (Å²) >= 11 is 3.59. The molecule has 0 unspecified atom stereocenters. The summed E-state index contributed by atoms with van der Waals surface area (Å²) in [6.07, 6.45) is 2.62. The Kier molecular flexibility index (Phi) is 8.57. The van der Waals surface area contributed by atoms with E-state index in [1.807, 2.05) is 74.5 Å². The third-order valence-electron chi connectivity index (χ3n) is 6.10. The van der Waals surface area contributed by atoms with Gasteiger partial charge in [-0.1, -0.05) is 30.3 Å². The summed E-state index contributed by atoms with van der Waals surface area (Å²) < 4.78 is 35.2. The van der Waals surface area contributed by atoms with Gasteiger partial charge in [-0.25, -0.2) is 13.8 Å². The summed E-state index contributed by atoms with van der Waals surface area (Å²) in [5.41, 5.74) is 6.59. The number of hydrogen-bond acceptors (Lipinski definition) is 5. The molecule has 1 atom stereocenters. The third kappa shape index (κ3) is 6.58. The van der Waals surface area contributed by atoms with E-state index in [4.69, 9.17) is 4.74 Å². The standard InChI is InChI=1S/C29H29BrN4O4S/c1-20-18-23(21(2)33(20)28-13-9-8-12-27(28)30)19-31-32-29(35)22(3)34(39(4,36)37)24-14-16-26(17-15-24)38-25-10-6-5-7-11-25/h5-19,22H,1-4H3,(H,32,35)/b31-19-/t22-/m1/s1. The van der Waals surface area contributed by atoms with E-state index in [2.05, 4.69) is 31.0 Å². The van der Waals surface area contributed by atoms with Crippen LogP contribution in [0.3, 0.4) is 0 Å². The highest BCUT2D eigenvalue weighted by Gasteiger charge is 2.29. The number of carbonyl (C=O) groups excluding carboxylic acids is 1. The maximum Gasteiger partial charge on any atom is 0.263 e. The number of nitrogens with zero attached hydrogens (tertiary/aromatic N) is 3. The fourth-order valence-electron chi connectivity index (χ4n) is 4.28. The van der Waals surface area contributed by atoms with Crippen LogP contribution in [0.15, 0.2) is 94.5 Å². The molecule has 0 aliphatic carbocycles. The number of aryl methyl sites for hydroxylation is 1. The van der Waals surface area contributed by atoms with Crippen molar-refractivity contribution in [3.63, 3.8) is 0 Å². The van der Waals surface area contributed by atoms with Gasteiger partial charge in [-0.2, -0.15) is 5.10 Å². The average Bonchev–Trinajstić information content (AvgIpc) is 3.17. The van der Waals surface area contributed by atoms with Crippen molar-refractivity contribution in [2.75, 3.05) is 10.6 Å². The topological polar surface area (TPSA) is 93.0 Å². The Morgan fingerprint density at radius 2 is 1.62 bits per heavy atom. The lowest BCUT2D eigenvalue weighted by atomic mass is 10.2. The largest absolute Gasteiger partial charge is 0.457 e. The number of carbonyl (C=O) groups is 1. The van der Waals surface area contributed by atoms with Gasteiger partial charge in [0.2, 0.25) is 10.0 Å². The number of rotatable bonds is 9. The van der Waals surface area contributed by atoms with Crippen molar-refractivity contribution >= 4 is 43.8 Å². The van der Waals surface area contributed by atoms with Crippen LogP contribution < -0.4 is 14.5 Å². The molecule has 39 heavy (non-hydrogen) atoms. The lowest BCUT2D eigenvalue weighted by Gasteiger charge is -2.27. The molecule has 1 amide bonds. The quantitative estimate of drug-likeness (QED) is 0.188. The second-order valence-electron chi connectivity index (χ2n) is 8.99. The monoisotopic (exact) mass is 608 g/mol. The number of amides is 1. The van der Waals surface area contributed by atoms with Crippen LogP contribution >= 0.6 is 15.9 Å². The molecule has 202 valence electrons. The van der Waals surface area contributed by atoms with Crippen molar-refractivity contribution in [3.8, 4) is 17.2 Å². The molecule has 0 saturated heterocycles. The van der Waals surface area contributed by atoms with E-state index >= 15 is 0 Å². The fraction of sp³-hybridized carbons (Fsp3) is 0.172. The summed E-state index contributed by atoms with van der Waals surface area (Å²) in [6.45, 7) is 5.47. The minimum atomic E-state index is -3.78. The van der Waals surface area contributed by atoms with Gasteiger partial charge in [0.1, 0.15) is 17.5 Å². The number of hydrogen-bond donors (Lipinski definition) is 1. The van der Waals surface area contributed by atoms with E-state index in [1.165, 1.54) is 6.92 Å². The van der Waals surface area contributed by atoms with Gasteiger partial charge >= 0.3 is 0 Å². The highest BCUT2D eigenvalue weighted by Crippen LogP contribution is 2.28. The van der Waals surface area contributed by atoms with Crippen molar-refractivity contribution in [3.05, 3.63) is 106 Å². The minimum Gasteiger partial charge on any atom is -0.457 e. The van der Waals surface area contributed by atoms with Crippen LogP contribution in [0.5, 0.6) is 11.5 Å². The van der Waals surface area contributed by atoms with Gasteiger partial charge in [-0.15, -0.1) is 0 Å². The normalized spacial score (nSPS) is 12.3. The second-order valence-corrected chi connectivity index (χ2v) is 11.7. The van der Waals surface area contributed by atoms with Crippen molar-refractivity contribution in [1.29, 1.82) is 0 Å². The van der Waals surface area contributed by atoms with Gasteiger partial charge < -0.3 is 9.30 Å². The van der Waals surface area contributed by atoms with Gasteiger partial charge in [0.15, 0.2) is 0 Å². The Balaban J connectivity index is 1.49. The lowest BCUT2D eigenvalue weighted by Crippen LogP contribution is -2.46. The molecule has 1 N–H and O–H groups in total. The number of ether oxygens (including phenoxy) is 1. The Labute approximate surface area is 237 Å². The molecule has 0 aliphatic heterocycles. The van der Waals surface area contributed by atoms with Crippen LogP contribution in [0.4, 0.5) is 5.69 Å². The third-order valence-corrected chi connectivity index (χ3v) is 8.01. The maximum atomic E-state index is 13.0. The second kappa shape index (κ2) is 11.9. The molecular weight excluding hydrogens is 580 g/mol. The number of hydrazone groups is 1. The van der Waals surface area contributed by atoms with Crippen LogP contribution in [0.1, 0.15) is 23.9 Å². The Hall–Kier alpha value is -3.89. The van der Waals surface area contributed by atoms with E-state index in [-0.39, 0.29) is 0 Å². The molecule has 0 spiro atoms. The van der Waals surface area contributed by atoms with Crippen LogP contribution in [-0.2, 0) is 14.8 Å². The number of benzene rings is 3. The van der Waals surface area contributed by atoms with Gasteiger partial charge in [-0.3, -0.25) is 9.10 Å². The summed E-state index contributed by atoms with van der Waals surface area (Å²) in [5.74, 6) is 0.633. The Bertz CT molecular complexity index is 1600. The Morgan fingerprint density at radius 3 is 2.26 bits per heavy atom. The number of sulfonamides is 1. The van der Waals surface area contributed by atoms with Crippen molar-refractivity contribution in [1.82, 2.24) is 9.99 Å². The van der Waals surface area contributed by atoms with E-state index in [9.17, 15) is 13.2 Å². The first-order valence-electron chi connectivity index (χ1n) is 12.2. The van der Waals surface area contributed by atoms with Crippen molar-refractivity contribution < 1.29 is 17.9 Å². The molecule has 1 heterocycles. The highest BCUT2D eigenvalue weighted by atomic mass is 79.9. The average molecular weight is 610 g/mol. The van der Waals surface area contributed by atoms with Gasteiger partial charge in [0, 0.05) is 21.4 Å². The number of nitrogens with one attached hydrogen (secondary N) is 1. The van der Waals surface area contributed by atoms with Gasteiger partial charge in [0.05, 0.1) is 23.8 Å². The van der Waals surface area contributed by atoms with E-state index < -0.39 is 22.0 Å². The molecule has 4 aromatic rings. The van der Waals surface area contributed by atoms with Crippen molar-refractivity contribution in [2.45, 2.75) is 26.8 Å². The lowest BCUT2D eigenvalue weighted by molar-refractivity contribution is -0.121.